The third-order valence-corrected chi connectivity index (χ3v) is 9.07. The number of rotatable bonds is 8. The van der Waals surface area contributed by atoms with Gasteiger partial charge in [0.25, 0.3) is 5.92 Å². The van der Waals surface area contributed by atoms with Crippen molar-refractivity contribution in [3.05, 3.63) is 76.4 Å². The topological polar surface area (TPSA) is 83.7 Å². The summed E-state index contributed by atoms with van der Waals surface area (Å²) in [6, 6.07) is 9.13. The van der Waals surface area contributed by atoms with Gasteiger partial charge in [-0.1, -0.05) is 18.2 Å². The summed E-state index contributed by atoms with van der Waals surface area (Å²) in [5.41, 5.74) is 0.875. The number of fused-ring (bicyclic) bond motifs is 1. The molecule has 0 bridgehead atoms. The molecule has 1 aromatic heterocycles. The third kappa shape index (κ3) is 5.42. The molecule has 6 rings (SSSR count). The van der Waals surface area contributed by atoms with Crippen molar-refractivity contribution < 1.29 is 36.6 Å². The minimum atomic E-state index is -4.68. The monoisotopic (exact) mass is 605 g/mol. The highest BCUT2D eigenvalue weighted by Gasteiger charge is 2.45. The Morgan fingerprint density at radius 2 is 1.98 bits per heavy atom. The summed E-state index contributed by atoms with van der Waals surface area (Å²) in [4.78, 5) is 15.8. The molecule has 0 radical (unpaired) electrons. The van der Waals surface area contributed by atoms with Gasteiger partial charge < -0.3 is 24.1 Å². The van der Waals surface area contributed by atoms with E-state index in [4.69, 9.17) is 4.74 Å². The highest BCUT2D eigenvalue weighted by Crippen LogP contribution is 2.45. The quantitative estimate of drug-likeness (QED) is 0.307. The van der Waals surface area contributed by atoms with Crippen molar-refractivity contribution in [2.24, 2.45) is 13.0 Å². The molecule has 3 aliphatic heterocycles. The molecule has 0 saturated carbocycles. The zero-order valence-corrected chi connectivity index (χ0v) is 23.5. The fourth-order valence-corrected chi connectivity index (χ4v) is 6.52. The van der Waals surface area contributed by atoms with Crippen LogP contribution in [0, 0.1) is 5.92 Å². The molecule has 2 saturated heterocycles. The standard InChI is InChI=1S/C30H32F5N5O3/c1-38-18-36-37-27(38)10-28(16-43-17-28)20-3-2-4-22(9-20)40-13-24-23(26(40)15-42)7-19(8-25(24)30(33,34)35)11-39-6-5-29(31,32)21(12-39)14-41/h2-4,7-9,15,18,21,26,41H,5-6,10-14,16-17H2,1H3/t21?,26-/m0/s1. The number of aliphatic hydroxyl groups is 1. The van der Waals surface area contributed by atoms with Crippen LogP contribution in [0.5, 0.6) is 0 Å². The van der Waals surface area contributed by atoms with Crippen LogP contribution in [0.4, 0.5) is 27.6 Å². The molecular formula is C30H32F5N5O3. The number of aldehydes is 1. The van der Waals surface area contributed by atoms with Crippen LogP contribution in [0.1, 0.15) is 46.1 Å². The third-order valence-electron chi connectivity index (χ3n) is 9.07. The van der Waals surface area contributed by atoms with Crippen molar-refractivity contribution in [3.63, 3.8) is 0 Å². The summed E-state index contributed by atoms with van der Waals surface area (Å²) in [6.45, 7) is -0.102. The van der Waals surface area contributed by atoms with Crippen LogP contribution in [-0.4, -0.2) is 69.9 Å². The number of likely N-dealkylation sites (tertiary alicyclic amines) is 1. The summed E-state index contributed by atoms with van der Waals surface area (Å²) in [5, 5.41) is 17.6. The van der Waals surface area contributed by atoms with Crippen LogP contribution in [-0.2, 0) is 47.7 Å². The van der Waals surface area contributed by atoms with E-state index >= 15 is 0 Å². The zero-order valence-electron chi connectivity index (χ0n) is 23.5. The number of hydrogen-bond donors (Lipinski definition) is 1. The molecule has 230 valence electrons. The van der Waals surface area contributed by atoms with E-state index in [1.807, 2.05) is 29.8 Å². The summed E-state index contributed by atoms with van der Waals surface area (Å²) in [5.74, 6) is -3.55. The molecule has 1 unspecified atom stereocenters. The van der Waals surface area contributed by atoms with Crippen molar-refractivity contribution in [2.75, 3.05) is 37.8 Å². The fourth-order valence-electron chi connectivity index (χ4n) is 6.52. The van der Waals surface area contributed by atoms with Gasteiger partial charge in [0, 0.05) is 57.2 Å². The number of benzene rings is 2. The first-order valence-corrected chi connectivity index (χ1v) is 14.1. The maximum Gasteiger partial charge on any atom is 0.416 e. The molecule has 2 atom stereocenters. The first-order chi connectivity index (χ1) is 20.4. The minimum Gasteiger partial charge on any atom is -0.396 e. The minimum absolute atomic E-state index is 0.00539. The molecule has 2 aromatic carbocycles. The van der Waals surface area contributed by atoms with E-state index in [-0.39, 0.29) is 48.3 Å². The highest BCUT2D eigenvalue weighted by molar-refractivity contribution is 5.74. The van der Waals surface area contributed by atoms with Gasteiger partial charge in [-0.3, -0.25) is 4.90 Å². The van der Waals surface area contributed by atoms with E-state index in [0.717, 1.165) is 17.5 Å². The normalized spacial score (nSPS) is 23.2. The van der Waals surface area contributed by atoms with Crippen LogP contribution in [0.25, 0.3) is 0 Å². The SMILES string of the molecule is Cn1cnnc1CC1(c2cccc(N3Cc4c(cc(CN5CCC(F)(F)C(CO)C5)cc4C(F)(F)F)[C@@H]3C=O)c2)COC1. The molecule has 0 amide bonds. The van der Waals surface area contributed by atoms with Crippen LogP contribution in [0.15, 0.2) is 42.7 Å². The molecule has 4 heterocycles. The summed E-state index contributed by atoms with van der Waals surface area (Å²) < 4.78 is 78.8. The van der Waals surface area contributed by atoms with Gasteiger partial charge in [0.05, 0.1) is 31.3 Å². The number of nitrogens with zero attached hydrogens (tertiary/aromatic N) is 5. The lowest BCUT2D eigenvalue weighted by atomic mass is 9.75. The average Bonchev–Trinajstić information content (AvgIpc) is 3.53. The number of carbonyl (C=O) groups is 1. The van der Waals surface area contributed by atoms with E-state index < -0.39 is 42.6 Å². The van der Waals surface area contributed by atoms with Gasteiger partial charge in [0.15, 0.2) is 0 Å². The molecule has 3 aliphatic rings. The Morgan fingerprint density at radius 3 is 2.60 bits per heavy atom. The Kier molecular flexibility index (Phi) is 7.54. The largest absolute Gasteiger partial charge is 0.416 e. The van der Waals surface area contributed by atoms with Gasteiger partial charge in [-0.25, -0.2) is 8.78 Å². The highest BCUT2D eigenvalue weighted by atomic mass is 19.4. The van der Waals surface area contributed by atoms with E-state index in [0.29, 0.717) is 31.6 Å². The van der Waals surface area contributed by atoms with Gasteiger partial charge in [-0.15, -0.1) is 10.2 Å². The second kappa shape index (κ2) is 10.9. The van der Waals surface area contributed by atoms with Gasteiger partial charge in [-0.05, 0) is 40.5 Å². The van der Waals surface area contributed by atoms with Crippen molar-refractivity contribution >= 4 is 12.0 Å². The number of piperidine rings is 1. The van der Waals surface area contributed by atoms with E-state index in [9.17, 15) is 31.9 Å². The van der Waals surface area contributed by atoms with Crippen molar-refractivity contribution in [1.29, 1.82) is 0 Å². The maximum atomic E-state index is 14.4. The van der Waals surface area contributed by atoms with Gasteiger partial charge in [0.2, 0.25) is 0 Å². The lowest BCUT2D eigenvalue weighted by Crippen LogP contribution is -2.49. The second-order valence-corrected chi connectivity index (χ2v) is 11.9. The summed E-state index contributed by atoms with van der Waals surface area (Å²) in [7, 11) is 1.85. The Labute approximate surface area is 245 Å². The molecule has 2 fully saturated rings. The van der Waals surface area contributed by atoms with Gasteiger partial charge in [-0.2, -0.15) is 13.2 Å². The molecule has 0 spiro atoms. The van der Waals surface area contributed by atoms with Crippen molar-refractivity contribution in [3.8, 4) is 0 Å². The number of alkyl halides is 5. The molecule has 13 heteroatoms. The Bertz CT molecular complexity index is 1510. The predicted octanol–water partition coefficient (Wildman–Crippen LogP) is 4.05. The summed E-state index contributed by atoms with van der Waals surface area (Å²) in [6.07, 6.45) is -2.34. The van der Waals surface area contributed by atoms with Crippen LogP contribution in [0.2, 0.25) is 0 Å². The molecule has 3 aromatic rings. The number of halogens is 5. The smallest absolute Gasteiger partial charge is 0.396 e. The van der Waals surface area contributed by atoms with Crippen molar-refractivity contribution in [1.82, 2.24) is 19.7 Å². The molecule has 1 N–H and O–H groups in total. The van der Waals surface area contributed by atoms with Crippen molar-refractivity contribution in [2.45, 2.75) is 49.5 Å². The molecule has 0 aliphatic carbocycles. The number of hydrogen-bond acceptors (Lipinski definition) is 7. The van der Waals surface area contributed by atoms with Crippen LogP contribution in [0.3, 0.4) is 0 Å². The number of anilines is 1. The number of carbonyl (C=O) groups excluding carboxylic acids is 1. The fraction of sp³-hybridized carbons (Fsp3) is 0.500. The van der Waals surface area contributed by atoms with Gasteiger partial charge in [0.1, 0.15) is 24.5 Å². The maximum absolute atomic E-state index is 14.4. The second-order valence-electron chi connectivity index (χ2n) is 11.9. The molecular weight excluding hydrogens is 573 g/mol. The number of aryl methyl sites for hydroxylation is 1. The predicted molar refractivity (Wildman–Crippen MR) is 145 cm³/mol. The van der Waals surface area contributed by atoms with E-state index in [1.54, 1.807) is 28.3 Å². The number of ether oxygens (including phenoxy) is 1. The van der Waals surface area contributed by atoms with Crippen LogP contribution < -0.4 is 4.90 Å². The molecule has 43 heavy (non-hydrogen) atoms. The zero-order chi connectivity index (χ0) is 30.6. The van der Waals surface area contributed by atoms with E-state index in [2.05, 4.69) is 10.2 Å². The summed E-state index contributed by atoms with van der Waals surface area (Å²) >= 11 is 0. The van der Waals surface area contributed by atoms with E-state index in [1.165, 1.54) is 0 Å². The number of aliphatic hydroxyl groups excluding tert-OH is 1. The van der Waals surface area contributed by atoms with Gasteiger partial charge >= 0.3 is 6.18 Å². The lowest BCUT2D eigenvalue weighted by Gasteiger charge is -2.42. The Morgan fingerprint density at radius 1 is 1.19 bits per heavy atom. The first kappa shape index (κ1) is 29.6. The first-order valence-electron chi connectivity index (χ1n) is 14.1. The average molecular weight is 606 g/mol. The lowest BCUT2D eigenvalue weighted by molar-refractivity contribution is -0.138. The Hall–Kier alpha value is -3.42. The van der Waals surface area contributed by atoms with Crippen LogP contribution >= 0.6 is 0 Å². The number of aromatic nitrogens is 3. The molecule has 8 nitrogen and oxygen atoms in total. The Balaban J connectivity index is 1.31.